The van der Waals surface area contributed by atoms with Gasteiger partial charge in [-0.05, 0) is 30.5 Å². The molecule has 3 heteroatoms. The van der Waals surface area contributed by atoms with Crippen LogP contribution in [0, 0.1) is 0 Å². The van der Waals surface area contributed by atoms with E-state index in [0.717, 1.165) is 18.4 Å². The number of benzene rings is 1. The molecule has 18 heavy (non-hydrogen) atoms. The van der Waals surface area contributed by atoms with Crippen molar-refractivity contribution in [3.05, 3.63) is 53.6 Å². The van der Waals surface area contributed by atoms with E-state index in [0.29, 0.717) is 23.6 Å². The fraction of sp³-hybridized carbons (Fsp3) is 0.200. The number of carbonyl (C=O) groups excluding carboxylic acids is 1. The van der Waals surface area contributed by atoms with E-state index in [2.05, 4.69) is 17.1 Å². The van der Waals surface area contributed by atoms with E-state index in [9.17, 15) is 4.79 Å². The number of nitrogens with zero attached hydrogens (tertiary/aromatic N) is 1. The van der Waals surface area contributed by atoms with Crippen molar-refractivity contribution in [2.75, 3.05) is 6.61 Å². The molecule has 0 bridgehead atoms. The van der Waals surface area contributed by atoms with Crippen LogP contribution in [0.3, 0.4) is 0 Å². The number of rotatable bonds is 1. The Balaban J connectivity index is 1.96. The average molecular weight is 239 g/mol. The number of hydrogen-bond acceptors (Lipinski definition) is 2. The van der Waals surface area contributed by atoms with Crippen LogP contribution in [0.2, 0.25) is 0 Å². The summed E-state index contributed by atoms with van der Waals surface area (Å²) in [6.45, 7) is 0.346. The maximum absolute atomic E-state index is 12.0. The average Bonchev–Trinajstić information content (AvgIpc) is 2.60. The van der Waals surface area contributed by atoms with E-state index in [4.69, 9.17) is 4.74 Å². The largest absolute Gasteiger partial charge is 0.486 e. The van der Waals surface area contributed by atoms with Crippen molar-refractivity contribution in [2.24, 2.45) is 4.99 Å². The van der Waals surface area contributed by atoms with Gasteiger partial charge in [0.15, 0.2) is 0 Å². The van der Waals surface area contributed by atoms with Crippen LogP contribution in [0.1, 0.15) is 23.2 Å². The van der Waals surface area contributed by atoms with Gasteiger partial charge in [0.1, 0.15) is 12.4 Å². The van der Waals surface area contributed by atoms with Crippen LogP contribution in [-0.4, -0.2) is 18.2 Å². The van der Waals surface area contributed by atoms with E-state index >= 15 is 0 Å². The number of allylic oxidation sites excluding steroid dienone is 3. The molecule has 0 atom stereocenters. The van der Waals surface area contributed by atoms with Gasteiger partial charge < -0.3 is 4.74 Å². The molecule has 1 aromatic rings. The Bertz CT molecular complexity index is 582. The summed E-state index contributed by atoms with van der Waals surface area (Å²) in [6, 6.07) is 7.23. The first-order valence-electron chi connectivity index (χ1n) is 6.05. The fourth-order valence-electron chi connectivity index (χ4n) is 2.11. The molecule has 1 heterocycles. The summed E-state index contributed by atoms with van der Waals surface area (Å²) in [6.07, 6.45) is 8.25. The second kappa shape index (κ2) is 4.61. The van der Waals surface area contributed by atoms with E-state index in [1.54, 1.807) is 12.1 Å². The number of ether oxygens (including phenoxy) is 1. The lowest BCUT2D eigenvalue weighted by Crippen LogP contribution is -2.13. The summed E-state index contributed by atoms with van der Waals surface area (Å²) in [7, 11) is 0. The van der Waals surface area contributed by atoms with Crippen LogP contribution in [0.15, 0.2) is 53.1 Å². The SMILES string of the molecule is O=C1N=C(C2=CCCC=C2)COc2ccccc21. The molecule has 0 aromatic heterocycles. The first kappa shape index (κ1) is 11.0. The molecule has 1 aromatic carbocycles. The van der Waals surface area contributed by atoms with Crippen LogP contribution in [-0.2, 0) is 0 Å². The topological polar surface area (TPSA) is 38.7 Å². The Morgan fingerprint density at radius 2 is 2.06 bits per heavy atom. The lowest BCUT2D eigenvalue weighted by Gasteiger charge is -2.09. The van der Waals surface area contributed by atoms with Crippen LogP contribution in [0.25, 0.3) is 0 Å². The normalized spacial score (nSPS) is 18.3. The molecule has 1 aliphatic heterocycles. The maximum atomic E-state index is 12.0. The molecule has 0 spiro atoms. The summed E-state index contributed by atoms with van der Waals surface area (Å²) >= 11 is 0. The zero-order valence-corrected chi connectivity index (χ0v) is 9.93. The number of amides is 1. The lowest BCUT2D eigenvalue weighted by molar-refractivity contribution is 0.100. The Morgan fingerprint density at radius 3 is 2.89 bits per heavy atom. The minimum Gasteiger partial charge on any atom is -0.486 e. The van der Waals surface area contributed by atoms with Gasteiger partial charge in [-0.2, -0.15) is 0 Å². The summed E-state index contributed by atoms with van der Waals surface area (Å²) in [5.74, 6) is 0.389. The second-order valence-corrected chi connectivity index (χ2v) is 4.29. The van der Waals surface area contributed by atoms with Crippen molar-refractivity contribution in [1.29, 1.82) is 0 Å². The summed E-state index contributed by atoms with van der Waals surface area (Å²) in [5, 5.41) is 0. The zero-order valence-electron chi connectivity index (χ0n) is 9.93. The third-order valence-corrected chi connectivity index (χ3v) is 3.05. The minimum absolute atomic E-state index is 0.224. The molecule has 0 fully saturated rings. The molecule has 90 valence electrons. The molecule has 0 saturated heterocycles. The molecular formula is C15H13NO2. The smallest absolute Gasteiger partial charge is 0.281 e. The van der Waals surface area contributed by atoms with Crippen molar-refractivity contribution in [1.82, 2.24) is 0 Å². The molecule has 2 aliphatic rings. The van der Waals surface area contributed by atoms with Crippen molar-refractivity contribution < 1.29 is 9.53 Å². The molecular weight excluding hydrogens is 226 g/mol. The molecule has 1 amide bonds. The quantitative estimate of drug-likeness (QED) is 0.755. The monoisotopic (exact) mass is 239 g/mol. The van der Waals surface area contributed by atoms with Crippen LogP contribution >= 0.6 is 0 Å². The Morgan fingerprint density at radius 1 is 1.17 bits per heavy atom. The fourth-order valence-corrected chi connectivity index (χ4v) is 2.11. The predicted octanol–water partition coefficient (Wildman–Crippen LogP) is 2.94. The van der Waals surface area contributed by atoms with Gasteiger partial charge in [-0.15, -0.1) is 0 Å². The standard InChI is InChI=1S/C15H13NO2/c17-15-12-8-4-5-9-14(12)18-10-13(16-15)11-6-2-1-3-7-11/h2,4-9H,1,3,10H2. The molecule has 1 aliphatic carbocycles. The highest BCUT2D eigenvalue weighted by Gasteiger charge is 2.19. The van der Waals surface area contributed by atoms with Crippen molar-refractivity contribution in [3.8, 4) is 5.75 Å². The highest BCUT2D eigenvalue weighted by Crippen LogP contribution is 2.23. The first-order valence-corrected chi connectivity index (χ1v) is 6.05. The van der Waals surface area contributed by atoms with Gasteiger partial charge in [0.2, 0.25) is 0 Å². The summed E-state index contributed by atoms with van der Waals surface area (Å²) < 4.78 is 5.66. The minimum atomic E-state index is -0.224. The Hall–Kier alpha value is -2.16. The molecule has 0 radical (unpaired) electrons. The van der Waals surface area contributed by atoms with Gasteiger partial charge in [0, 0.05) is 0 Å². The van der Waals surface area contributed by atoms with Crippen LogP contribution in [0.5, 0.6) is 5.75 Å². The van der Waals surface area contributed by atoms with Gasteiger partial charge >= 0.3 is 0 Å². The van der Waals surface area contributed by atoms with Crippen LogP contribution < -0.4 is 4.74 Å². The number of para-hydroxylation sites is 1. The van der Waals surface area contributed by atoms with Gasteiger partial charge in [0.25, 0.3) is 5.91 Å². The third-order valence-electron chi connectivity index (χ3n) is 3.05. The predicted molar refractivity (Wildman–Crippen MR) is 70.2 cm³/mol. The highest BCUT2D eigenvalue weighted by molar-refractivity contribution is 6.13. The second-order valence-electron chi connectivity index (χ2n) is 4.29. The molecule has 0 saturated carbocycles. The lowest BCUT2D eigenvalue weighted by atomic mass is 10.0. The highest BCUT2D eigenvalue weighted by atomic mass is 16.5. The van der Waals surface area contributed by atoms with Gasteiger partial charge in [-0.3, -0.25) is 4.79 Å². The molecule has 3 nitrogen and oxygen atoms in total. The molecule has 3 rings (SSSR count). The number of fused-ring (bicyclic) bond motifs is 1. The summed E-state index contributed by atoms with van der Waals surface area (Å²) in [4.78, 5) is 16.2. The molecule has 0 unspecified atom stereocenters. The van der Waals surface area contributed by atoms with Crippen molar-refractivity contribution >= 4 is 11.6 Å². The van der Waals surface area contributed by atoms with Crippen molar-refractivity contribution in [3.63, 3.8) is 0 Å². The van der Waals surface area contributed by atoms with Crippen molar-refractivity contribution in [2.45, 2.75) is 12.8 Å². The van der Waals surface area contributed by atoms with Gasteiger partial charge in [-0.1, -0.05) is 30.4 Å². The maximum Gasteiger partial charge on any atom is 0.281 e. The van der Waals surface area contributed by atoms with Crippen LogP contribution in [0.4, 0.5) is 0 Å². The first-order chi connectivity index (χ1) is 8.84. The number of carbonyl (C=O) groups is 1. The Labute approximate surface area is 105 Å². The third kappa shape index (κ3) is 1.99. The van der Waals surface area contributed by atoms with E-state index in [1.165, 1.54) is 0 Å². The Kier molecular flexibility index (Phi) is 2.81. The zero-order chi connectivity index (χ0) is 12.4. The van der Waals surface area contributed by atoms with Gasteiger partial charge in [0.05, 0.1) is 11.3 Å². The summed E-state index contributed by atoms with van der Waals surface area (Å²) in [5.41, 5.74) is 2.25. The van der Waals surface area contributed by atoms with E-state index in [-0.39, 0.29) is 5.91 Å². The molecule has 0 N–H and O–H groups in total. The van der Waals surface area contributed by atoms with E-state index in [1.807, 2.05) is 18.2 Å². The van der Waals surface area contributed by atoms with Gasteiger partial charge in [-0.25, -0.2) is 4.99 Å². The number of aliphatic imine (C=N–C) groups is 1. The van der Waals surface area contributed by atoms with E-state index < -0.39 is 0 Å². The number of hydrogen-bond donors (Lipinski definition) is 0.